The highest BCUT2D eigenvalue weighted by atomic mass is 35.5. The number of carbonyl (C=O) groups is 2. The van der Waals surface area contributed by atoms with Gasteiger partial charge in [-0.1, -0.05) is 55.8 Å². The van der Waals surface area contributed by atoms with Crippen LogP contribution in [0.3, 0.4) is 0 Å². The molecule has 0 saturated heterocycles. The largest absolute Gasteiger partial charge is 0.479 e. The number of nitrogens with one attached hydrogen (secondary N) is 2. The van der Waals surface area contributed by atoms with E-state index >= 15 is 0 Å². The summed E-state index contributed by atoms with van der Waals surface area (Å²) in [7, 11) is 0. The number of carboxylic acids is 2. The van der Waals surface area contributed by atoms with Crippen molar-refractivity contribution in [3.63, 3.8) is 0 Å². The summed E-state index contributed by atoms with van der Waals surface area (Å²) >= 11 is 6.52. The maximum Gasteiger partial charge on any atom is 0.335 e. The lowest BCUT2D eigenvalue weighted by Gasteiger charge is -2.21. The van der Waals surface area contributed by atoms with Crippen molar-refractivity contribution >= 4 is 29.2 Å². The highest BCUT2D eigenvalue weighted by Crippen LogP contribution is 2.31. The van der Waals surface area contributed by atoms with E-state index in [1.54, 1.807) is 0 Å². The SMILES string of the molecule is Clc1ccc2c(c1NCc1ccc(CCC3CCCCC3)nc1)CCNCC2.O=C(O)[C@H](O)[C@@H](O)C(=O)O. The normalized spacial score (nSPS) is 17.2. The molecule has 0 unspecified atom stereocenters. The molecule has 6 N–H and O–H groups in total. The van der Waals surface area contributed by atoms with Crippen LogP contribution in [0, 0.1) is 5.92 Å². The minimum atomic E-state index is -2.27. The van der Waals surface area contributed by atoms with Crippen LogP contribution >= 0.6 is 11.6 Å². The molecular formula is C28H38ClN3O6. The fraction of sp³-hybridized carbons (Fsp3) is 0.536. The van der Waals surface area contributed by atoms with Crippen molar-refractivity contribution in [1.82, 2.24) is 10.3 Å². The van der Waals surface area contributed by atoms with Crippen molar-refractivity contribution < 1.29 is 30.0 Å². The van der Waals surface area contributed by atoms with Gasteiger partial charge in [-0.05, 0) is 73.5 Å². The monoisotopic (exact) mass is 547 g/mol. The van der Waals surface area contributed by atoms with Gasteiger partial charge in [-0.25, -0.2) is 9.59 Å². The standard InChI is InChI=1S/C24H32ClN3.C4H6O6/c25-23-11-8-20-12-14-26-15-13-22(20)24(23)28-17-19-7-10-21(27-16-19)9-6-18-4-2-1-3-5-18;5-1(3(7)8)2(6)4(9)10/h7-8,10-11,16,18,26,28H,1-6,9,12-15,17H2;1-2,5-6H,(H,7,8)(H,9,10)/t;1-,2-/m.1/s1. The van der Waals surface area contributed by atoms with Crippen LogP contribution < -0.4 is 10.6 Å². The molecular weight excluding hydrogens is 510 g/mol. The molecule has 1 fully saturated rings. The zero-order valence-corrected chi connectivity index (χ0v) is 22.3. The van der Waals surface area contributed by atoms with Gasteiger partial charge in [-0.2, -0.15) is 0 Å². The molecule has 2 aliphatic rings. The van der Waals surface area contributed by atoms with E-state index in [1.807, 2.05) is 12.3 Å². The molecule has 0 bridgehead atoms. The summed E-state index contributed by atoms with van der Waals surface area (Å²) in [5.74, 6) is -2.62. The Morgan fingerprint density at radius 1 is 1.00 bits per heavy atom. The summed E-state index contributed by atoms with van der Waals surface area (Å²) < 4.78 is 0. The van der Waals surface area contributed by atoms with Gasteiger partial charge in [0.05, 0.1) is 10.7 Å². The van der Waals surface area contributed by atoms with Gasteiger partial charge in [0.25, 0.3) is 0 Å². The van der Waals surface area contributed by atoms with Gasteiger partial charge in [0, 0.05) is 18.4 Å². The average Bonchev–Trinajstić information content (AvgIpc) is 3.18. The Bertz CT molecular complexity index is 1040. The molecule has 1 aliphatic heterocycles. The fourth-order valence-corrected chi connectivity index (χ4v) is 5.17. The Kier molecular flexibility index (Phi) is 11.8. The number of hydrogen-bond donors (Lipinski definition) is 6. The molecule has 4 rings (SSSR count). The van der Waals surface area contributed by atoms with Gasteiger partial charge in [-0.3, -0.25) is 4.98 Å². The molecule has 2 heterocycles. The van der Waals surface area contributed by atoms with Crippen LogP contribution in [0.1, 0.15) is 60.9 Å². The number of rotatable bonds is 9. The number of benzene rings is 1. The van der Waals surface area contributed by atoms with E-state index in [-0.39, 0.29) is 0 Å². The van der Waals surface area contributed by atoms with E-state index in [0.29, 0.717) is 0 Å². The molecule has 1 aliphatic carbocycles. The highest BCUT2D eigenvalue weighted by molar-refractivity contribution is 6.33. The Balaban J connectivity index is 0.000000342. The van der Waals surface area contributed by atoms with E-state index in [0.717, 1.165) is 55.5 Å². The van der Waals surface area contributed by atoms with Gasteiger partial charge in [0.15, 0.2) is 12.2 Å². The van der Waals surface area contributed by atoms with E-state index in [9.17, 15) is 9.59 Å². The summed E-state index contributed by atoms with van der Waals surface area (Å²) in [5.41, 5.74) is 6.32. The minimum absolute atomic E-state index is 0.763. The second-order valence-corrected chi connectivity index (χ2v) is 10.3. The smallest absolute Gasteiger partial charge is 0.335 e. The van der Waals surface area contributed by atoms with E-state index in [1.165, 1.54) is 60.9 Å². The molecule has 0 spiro atoms. The van der Waals surface area contributed by atoms with Crippen LogP contribution in [-0.4, -0.2) is 62.6 Å². The number of halogens is 1. The summed E-state index contributed by atoms with van der Waals surface area (Å²) in [5, 5.41) is 40.4. The first-order valence-electron chi connectivity index (χ1n) is 13.3. The quantitative estimate of drug-likeness (QED) is 0.277. The third-order valence-electron chi connectivity index (χ3n) is 7.18. The van der Waals surface area contributed by atoms with Gasteiger partial charge in [-0.15, -0.1) is 0 Å². The lowest BCUT2D eigenvalue weighted by molar-refractivity contribution is -0.165. The van der Waals surface area contributed by atoms with Crippen LogP contribution in [0.2, 0.25) is 5.02 Å². The predicted octanol–water partition coefficient (Wildman–Crippen LogP) is 3.43. The molecule has 1 saturated carbocycles. The summed E-state index contributed by atoms with van der Waals surface area (Å²) in [4.78, 5) is 24.3. The number of pyridine rings is 1. The number of aromatic nitrogens is 1. The Morgan fingerprint density at radius 3 is 2.32 bits per heavy atom. The molecule has 1 aromatic carbocycles. The molecule has 2 aromatic rings. The molecule has 2 atom stereocenters. The number of hydrogen-bond acceptors (Lipinski definition) is 7. The second-order valence-electron chi connectivity index (χ2n) is 9.93. The number of carboxylic acid groups (broad SMARTS) is 2. The maximum atomic E-state index is 9.77. The van der Waals surface area contributed by atoms with Crippen LogP contribution in [0.5, 0.6) is 0 Å². The number of aliphatic hydroxyl groups is 2. The molecule has 208 valence electrons. The molecule has 0 amide bonds. The third-order valence-corrected chi connectivity index (χ3v) is 7.49. The molecule has 1 aromatic heterocycles. The second kappa shape index (κ2) is 15.0. The van der Waals surface area contributed by atoms with Crippen LogP contribution in [0.15, 0.2) is 30.5 Å². The van der Waals surface area contributed by atoms with Gasteiger partial charge in [0.1, 0.15) is 0 Å². The maximum absolute atomic E-state index is 9.77. The van der Waals surface area contributed by atoms with Crippen molar-refractivity contribution in [2.24, 2.45) is 5.92 Å². The lowest BCUT2D eigenvalue weighted by atomic mass is 9.86. The van der Waals surface area contributed by atoms with Crippen molar-refractivity contribution in [2.45, 2.75) is 76.5 Å². The first-order chi connectivity index (χ1) is 18.3. The van der Waals surface area contributed by atoms with E-state index in [4.69, 9.17) is 37.0 Å². The Morgan fingerprint density at radius 2 is 1.68 bits per heavy atom. The summed E-state index contributed by atoms with van der Waals surface area (Å²) in [6.07, 6.45) is 9.11. The summed E-state index contributed by atoms with van der Waals surface area (Å²) in [6, 6.07) is 8.63. The Labute approximate surface area is 228 Å². The zero-order chi connectivity index (χ0) is 27.5. The number of nitrogens with zero attached hydrogens (tertiary/aromatic N) is 1. The number of aliphatic carboxylic acids is 2. The minimum Gasteiger partial charge on any atom is -0.479 e. The third kappa shape index (κ3) is 8.94. The highest BCUT2D eigenvalue weighted by Gasteiger charge is 2.29. The fourth-order valence-electron chi connectivity index (χ4n) is 4.93. The average molecular weight is 548 g/mol. The van der Waals surface area contributed by atoms with Crippen molar-refractivity contribution in [3.05, 3.63) is 57.9 Å². The number of aryl methyl sites for hydroxylation is 1. The van der Waals surface area contributed by atoms with E-state index < -0.39 is 24.1 Å². The molecule has 9 nitrogen and oxygen atoms in total. The topological polar surface area (TPSA) is 152 Å². The lowest BCUT2D eigenvalue weighted by Crippen LogP contribution is -2.39. The van der Waals surface area contributed by atoms with Crippen LogP contribution in [-0.2, 0) is 35.4 Å². The number of aliphatic hydroxyl groups excluding tert-OH is 2. The number of fused-ring (bicyclic) bond motifs is 1. The first kappa shape index (κ1) is 29.8. The van der Waals surface area contributed by atoms with Gasteiger partial charge >= 0.3 is 11.9 Å². The molecule has 0 radical (unpaired) electrons. The van der Waals surface area contributed by atoms with Gasteiger partial charge < -0.3 is 31.1 Å². The zero-order valence-electron chi connectivity index (χ0n) is 21.5. The Hall–Kier alpha value is -2.72. The van der Waals surface area contributed by atoms with Crippen molar-refractivity contribution in [3.8, 4) is 0 Å². The van der Waals surface area contributed by atoms with Crippen LogP contribution in [0.4, 0.5) is 5.69 Å². The first-order valence-corrected chi connectivity index (χ1v) is 13.6. The molecule has 10 heteroatoms. The summed E-state index contributed by atoms with van der Waals surface area (Å²) in [6.45, 7) is 2.82. The number of anilines is 1. The van der Waals surface area contributed by atoms with E-state index in [2.05, 4.69) is 28.8 Å². The molecule has 38 heavy (non-hydrogen) atoms. The van der Waals surface area contributed by atoms with Crippen LogP contribution in [0.25, 0.3) is 0 Å². The predicted molar refractivity (Wildman–Crippen MR) is 145 cm³/mol. The van der Waals surface area contributed by atoms with Gasteiger partial charge in [0.2, 0.25) is 0 Å². The van der Waals surface area contributed by atoms with Crippen molar-refractivity contribution in [2.75, 3.05) is 18.4 Å². The van der Waals surface area contributed by atoms with Crippen molar-refractivity contribution in [1.29, 1.82) is 0 Å².